The Morgan fingerprint density at radius 1 is 0.914 bits per heavy atom. The number of anilines is 2. The SMILES string of the molecule is CC(=O)N(C)CC1CCN(c2ccnc(C)c2)CC1.CNCC1CCN(c2ccnc(C)c2)CC1. The highest BCUT2D eigenvalue weighted by molar-refractivity contribution is 5.72. The van der Waals surface area contributed by atoms with Crippen LogP contribution in [0.1, 0.15) is 44.0 Å². The van der Waals surface area contributed by atoms with E-state index in [-0.39, 0.29) is 5.91 Å². The third-order valence-corrected chi connectivity index (χ3v) is 7.28. The van der Waals surface area contributed by atoms with Gasteiger partial charge < -0.3 is 20.0 Å². The second-order valence-electron chi connectivity index (χ2n) is 10.1. The van der Waals surface area contributed by atoms with E-state index in [9.17, 15) is 4.79 Å². The minimum absolute atomic E-state index is 0.159. The Kier molecular flexibility index (Phi) is 10.3. The Morgan fingerprint density at radius 3 is 1.77 bits per heavy atom. The molecule has 35 heavy (non-hydrogen) atoms. The second-order valence-corrected chi connectivity index (χ2v) is 10.1. The van der Waals surface area contributed by atoms with E-state index in [0.29, 0.717) is 5.92 Å². The predicted molar refractivity (Wildman–Crippen MR) is 145 cm³/mol. The van der Waals surface area contributed by atoms with Crippen molar-refractivity contribution in [3.8, 4) is 0 Å². The summed E-state index contributed by atoms with van der Waals surface area (Å²) >= 11 is 0. The first-order chi connectivity index (χ1) is 16.9. The van der Waals surface area contributed by atoms with E-state index in [0.717, 1.165) is 56.3 Å². The number of nitrogens with zero attached hydrogens (tertiary/aromatic N) is 5. The van der Waals surface area contributed by atoms with Gasteiger partial charge in [-0.25, -0.2) is 0 Å². The molecule has 0 radical (unpaired) electrons. The van der Waals surface area contributed by atoms with E-state index < -0.39 is 0 Å². The van der Waals surface area contributed by atoms with Crippen LogP contribution in [0.4, 0.5) is 11.4 Å². The summed E-state index contributed by atoms with van der Waals surface area (Å²) in [6.45, 7) is 12.2. The monoisotopic (exact) mass is 480 g/mol. The van der Waals surface area contributed by atoms with Crippen LogP contribution in [0.2, 0.25) is 0 Å². The van der Waals surface area contributed by atoms with Crippen molar-refractivity contribution in [2.24, 2.45) is 11.8 Å². The van der Waals surface area contributed by atoms with Gasteiger partial charge in [-0.15, -0.1) is 0 Å². The molecular formula is C28H44N6O. The van der Waals surface area contributed by atoms with Crippen LogP contribution < -0.4 is 15.1 Å². The van der Waals surface area contributed by atoms with Crippen molar-refractivity contribution in [3.63, 3.8) is 0 Å². The first kappa shape index (κ1) is 26.9. The zero-order chi connectivity index (χ0) is 25.2. The topological polar surface area (TPSA) is 64.6 Å². The number of carbonyl (C=O) groups excluding carboxylic acids is 1. The number of nitrogens with one attached hydrogen (secondary N) is 1. The maximum Gasteiger partial charge on any atom is 0.219 e. The van der Waals surface area contributed by atoms with Gasteiger partial charge in [-0.2, -0.15) is 0 Å². The van der Waals surface area contributed by atoms with Gasteiger partial charge in [0.2, 0.25) is 5.91 Å². The standard InChI is InChI=1S/C15H23N3O.C13H21N3/c1-12-10-15(4-7-16-12)18-8-5-14(6-9-18)11-17(3)13(2)19;1-11-9-13(3-6-15-11)16-7-4-12(5-8-16)10-14-2/h4,7,10,14H,5-6,8-9,11H2,1-3H3;3,6,9,12,14H,4-5,7-8,10H2,1-2H3. The van der Waals surface area contributed by atoms with Crippen LogP contribution >= 0.6 is 0 Å². The van der Waals surface area contributed by atoms with E-state index in [2.05, 4.69) is 56.3 Å². The van der Waals surface area contributed by atoms with Gasteiger partial charge >= 0.3 is 0 Å². The van der Waals surface area contributed by atoms with Crippen molar-refractivity contribution in [1.82, 2.24) is 20.2 Å². The molecule has 2 aliphatic rings. The van der Waals surface area contributed by atoms with Crippen molar-refractivity contribution in [2.45, 2.75) is 46.5 Å². The van der Waals surface area contributed by atoms with Gasteiger partial charge in [0.05, 0.1) is 0 Å². The summed E-state index contributed by atoms with van der Waals surface area (Å²) in [7, 11) is 3.93. The van der Waals surface area contributed by atoms with E-state index in [1.807, 2.05) is 38.3 Å². The fraction of sp³-hybridized carbons (Fsp3) is 0.607. The Hall–Kier alpha value is -2.67. The molecule has 2 aromatic rings. The molecule has 4 heterocycles. The molecule has 0 aromatic carbocycles. The number of aryl methyl sites for hydroxylation is 2. The van der Waals surface area contributed by atoms with Crippen LogP contribution in [-0.2, 0) is 4.79 Å². The molecule has 0 bridgehead atoms. The average molecular weight is 481 g/mol. The number of pyridine rings is 2. The van der Waals surface area contributed by atoms with Crippen molar-refractivity contribution in [2.75, 3.05) is 63.2 Å². The van der Waals surface area contributed by atoms with Crippen molar-refractivity contribution >= 4 is 17.3 Å². The zero-order valence-corrected chi connectivity index (χ0v) is 22.3. The summed E-state index contributed by atoms with van der Waals surface area (Å²) in [5, 5.41) is 3.27. The Morgan fingerprint density at radius 2 is 1.37 bits per heavy atom. The van der Waals surface area contributed by atoms with Gasteiger partial charge in [0.1, 0.15) is 0 Å². The summed E-state index contributed by atoms with van der Waals surface area (Å²) in [6, 6.07) is 8.51. The predicted octanol–water partition coefficient (Wildman–Crippen LogP) is 3.91. The third kappa shape index (κ3) is 8.49. The van der Waals surface area contributed by atoms with E-state index >= 15 is 0 Å². The van der Waals surface area contributed by atoms with Gasteiger partial charge in [-0.1, -0.05) is 0 Å². The van der Waals surface area contributed by atoms with Gasteiger partial charge in [-0.3, -0.25) is 14.8 Å². The lowest BCUT2D eigenvalue weighted by molar-refractivity contribution is -0.128. The Bertz CT molecular complexity index is 919. The van der Waals surface area contributed by atoms with E-state index in [1.165, 1.54) is 37.3 Å². The number of amides is 1. The number of rotatable bonds is 6. The average Bonchev–Trinajstić information content (AvgIpc) is 2.85. The molecular weight excluding hydrogens is 436 g/mol. The summed E-state index contributed by atoms with van der Waals surface area (Å²) in [6.07, 6.45) is 8.67. The van der Waals surface area contributed by atoms with Crippen LogP contribution in [0.3, 0.4) is 0 Å². The van der Waals surface area contributed by atoms with Crippen LogP contribution in [0, 0.1) is 25.7 Å². The van der Waals surface area contributed by atoms with E-state index in [4.69, 9.17) is 0 Å². The highest BCUT2D eigenvalue weighted by atomic mass is 16.2. The summed E-state index contributed by atoms with van der Waals surface area (Å²) in [5.74, 6) is 1.64. The Labute approximate surface area is 211 Å². The summed E-state index contributed by atoms with van der Waals surface area (Å²) in [4.78, 5) is 26.4. The summed E-state index contributed by atoms with van der Waals surface area (Å²) < 4.78 is 0. The first-order valence-corrected chi connectivity index (χ1v) is 13.1. The molecule has 2 aliphatic heterocycles. The van der Waals surface area contributed by atoms with Gasteiger partial charge in [0.15, 0.2) is 0 Å². The minimum Gasteiger partial charge on any atom is -0.371 e. The maximum atomic E-state index is 11.2. The molecule has 0 aliphatic carbocycles. The molecule has 192 valence electrons. The van der Waals surface area contributed by atoms with Crippen LogP contribution in [0.5, 0.6) is 0 Å². The highest BCUT2D eigenvalue weighted by Crippen LogP contribution is 2.24. The molecule has 0 spiro atoms. The maximum absolute atomic E-state index is 11.2. The molecule has 4 rings (SSSR count). The van der Waals surface area contributed by atoms with Gasteiger partial charge in [0, 0.05) is 81.9 Å². The second kappa shape index (κ2) is 13.4. The van der Waals surface area contributed by atoms with Gasteiger partial charge in [0.25, 0.3) is 0 Å². The minimum atomic E-state index is 0.159. The summed E-state index contributed by atoms with van der Waals surface area (Å²) in [5.41, 5.74) is 4.77. The van der Waals surface area contributed by atoms with Crippen molar-refractivity contribution in [3.05, 3.63) is 48.0 Å². The molecule has 1 amide bonds. The molecule has 2 aromatic heterocycles. The molecule has 7 nitrogen and oxygen atoms in total. The number of hydrogen-bond acceptors (Lipinski definition) is 6. The van der Waals surface area contributed by atoms with Gasteiger partial charge in [-0.05, 0) is 89.2 Å². The molecule has 0 unspecified atom stereocenters. The largest absolute Gasteiger partial charge is 0.371 e. The zero-order valence-electron chi connectivity index (χ0n) is 22.3. The normalized spacial score (nSPS) is 17.1. The van der Waals surface area contributed by atoms with Crippen molar-refractivity contribution in [1.29, 1.82) is 0 Å². The smallest absolute Gasteiger partial charge is 0.219 e. The molecule has 0 atom stereocenters. The molecule has 1 N–H and O–H groups in total. The van der Waals surface area contributed by atoms with Crippen LogP contribution in [-0.4, -0.2) is 74.1 Å². The third-order valence-electron chi connectivity index (χ3n) is 7.28. The lowest BCUT2D eigenvalue weighted by Gasteiger charge is -2.35. The number of aromatic nitrogens is 2. The molecule has 2 fully saturated rings. The fourth-order valence-electron chi connectivity index (χ4n) is 5.03. The molecule has 7 heteroatoms. The van der Waals surface area contributed by atoms with Crippen molar-refractivity contribution < 1.29 is 4.79 Å². The van der Waals surface area contributed by atoms with E-state index in [1.54, 1.807) is 6.92 Å². The number of hydrogen-bond donors (Lipinski definition) is 1. The number of piperidine rings is 2. The fourth-order valence-corrected chi connectivity index (χ4v) is 5.03. The Balaban J connectivity index is 0.000000198. The molecule has 2 saturated heterocycles. The quantitative estimate of drug-likeness (QED) is 0.676. The van der Waals surface area contributed by atoms with Crippen LogP contribution in [0.25, 0.3) is 0 Å². The lowest BCUT2D eigenvalue weighted by atomic mass is 9.96. The van der Waals surface area contributed by atoms with Crippen LogP contribution in [0.15, 0.2) is 36.7 Å². The highest BCUT2D eigenvalue weighted by Gasteiger charge is 2.21. The first-order valence-electron chi connectivity index (χ1n) is 13.1. The molecule has 0 saturated carbocycles. The lowest BCUT2D eigenvalue weighted by Crippen LogP contribution is -2.38. The number of carbonyl (C=O) groups is 1.